The average Bonchev–Trinajstić information content (AvgIpc) is 2.83. The molecule has 1 aromatic heterocycles. The van der Waals surface area contributed by atoms with Gasteiger partial charge in [0.05, 0.1) is 18.8 Å². The van der Waals surface area contributed by atoms with Crippen molar-refractivity contribution in [3.8, 4) is 0 Å². The molecule has 0 fully saturated rings. The second kappa shape index (κ2) is 14.5. The van der Waals surface area contributed by atoms with Crippen LogP contribution in [0.15, 0.2) is 29.1 Å². The van der Waals surface area contributed by atoms with E-state index in [-0.39, 0.29) is 43.4 Å². The van der Waals surface area contributed by atoms with E-state index in [1.807, 2.05) is 12.1 Å². The number of H-pyrrole nitrogens is 1. The number of carbonyl (C=O) groups is 3. The van der Waals surface area contributed by atoms with Crippen molar-refractivity contribution in [3.05, 3.63) is 51.3 Å². The molecule has 1 atom stereocenters. The highest BCUT2D eigenvalue weighted by atomic mass is 16.5. The van der Waals surface area contributed by atoms with E-state index < -0.39 is 23.9 Å². The number of hydrogen-bond acceptors (Lipinski definition) is 9. The monoisotopic (exact) mass is 501 g/mol. The van der Waals surface area contributed by atoms with Crippen molar-refractivity contribution in [1.82, 2.24) is 15.3 Å². The molecule has 0 aliphatic carbocycles. The number of nitrogens with one attached hydrogen (secondary N) is 2. The number of nitrogens with two attached hydrogens (primary N) is 2. The predicted molar refractivity (Wildman–Crippen MR) is 135 cm³/mol. The van der Waals surface area contributed by atoms with E-state index >= 15 is 0 Å². The van der Waals surface area contributed by atoms with Crippen molar-refractivity contribution in [2.24, 2.45) is 0 Å². The Balaban J connectivity index is 1.84. The van der Waals surface area contributed by atoms with Crippen LogP contribution in [0.4, 0.5) is 11.8 Å². The molecule has 0 aliphatic heterocycles. The Bertz CT molecular complexity index is 1080. The first kappa shape index (κ1) is 28.3. The topological polar surface area (TPSA) is 179 Å². The van der Waals surface area contributed by atoms with E-state index in [1.165, 1.54) is 0 Å². The van der Waals surface area contributed by atoms with E-state index in [9.17, 15) is 19.2 Å². The van der Waals surface area contributed by atoms with E-state index in [0.29, 0.717) is 17.5 Å². The first-order chi connectivity index (χ1) is 17.2. The van der Waals surface area contributed by atoms with Crippen molar-refractivity contribution >= 4 is 29.6 Å². The summed E-state index contributed by atoms with van der Waals surface area (Å²) >= 11 is 0. The van der Waals surface area contributed by atoms with Gasteiger partial charge in [0, 0.05) is 12.0 Å². The molecule has 0 saturated carbocycles. The standard InChI is InChI=1S/C25H35N5O6/c1-3-35-20(31)15-14-19(24(34)36-4-2)28-22(32)17-12-10-16(11-13-17)8-6-5-7-9-18-21(26)29-25(27)30-23(18)33/h10-13,19H,3-9,14-15H2,1-2H3,(H,28,32)(H5,26,27,29,30,33)/t19-/m0/s1. The zero-order valence-corrected chi connectivity index (χ0v) is 20.8. The minimum absolute atomic E-state index is 0.00599. The smallest absolute Gasteiger partial charge is 0.328 e. The fourth-order valence-electron chi connectivity index (χ4n) is 3.63. The number of nitrogens with zero attached hydrogens (tertiary/aromatic N) is 1. The number of rotatable bonds is 14. The molecule has 1 heterocycles. The number of hydrogen-bond donors (Lipinski definition) is 4. The lowest BCUT2D eigenvalue weighted by atomic mass is 10.0. The SMILES string of the molecule is CCOC(=O)CC[C@H](NC(=O)c1ccc(CCCCCc2c(N)nc(N)[nH]c2=O)cc1)C(=O)OCC. The van der Waals surface area contributed by atoms with Crippen LogP contribution in [0.5, 0.6) is 0 Å². The third-order valence-corrected chi connectivity index (χ3v) is 5.49. The maximum absolute atomic E-state index is 12.7. The summed E-state index contributed by atoms with van der Waals surface area (Å²) in [5, 5.41) is 2.65. The molecule has 0 aliphatic rings. The number of unbranched alkanes of at least 4 members (excludes halogenated alkanes) is 2. The van der Waals surface area contributed by atoms with Crippen LogP contribution in [0.25, 0.3) is 0 Å². The maximum atomic E-state index is 12.7. The molecule has 1 aromatic carbocycles. The van der Waals surface area contributed by atoms with Gasteiger partial charge in [-0.05, 0) is 63.6 Å². The van der Waals surface area contributed by atoms with Crippen LogP contribution in [0.3, 0.4) is 0 Å². The van der Waals surface area contributed by atoms with Crippen molar-refractivity contribution in [1.29, 1.82) is 0 Å². The molecule has 196 valence electrons. The number of aromatic nitrogens is 2. The summed E-state index contributed by atoms with van der Waals surface area (Å²) < 4.78 is 9.91. The summed E-state index contributed by atoms with van der Waals surface area (Å²) in [7, 11) is 0. The van der Waals surface area contributed by atoms with Gasteiger partial charge in [-0.1, -0.05) is 18.6 Å². The molecule has 0 spiro atoms. The highest BCUT2D eigenvalue weighted by molar-refractivity contribution is 5.96. The van der Waals surface area contributed by atoms with Crippen LogP contribution in [0.2, 0.25) is 0 Å². The maximum Gasteiger partial charge on any atom is 0.328 e. The second-order valence-corrected chi connectivity index (χ2v) is 8.19. The van der Waals surface area contributed by atoms with Gasteiger partial charge in [0.1, 0.15) is 11.9 Å². The molecule has 0 unspecified atom stereocenters. The minimum Gasteiger partial charge on any atom is -0.466 e. The van der Waals surface area contributed by atoms with Crippen LogP contribution in [-0.2, 0) is 31.9 Å². The average molecular weight is 502 g/mol. The molecule has 11 nitrogen and oxygen atoms in total. The van der Waals surface area contributed by atoms with Gasteiger partial charge in [-0.3, -0.25) is 19.4 Å². The van der Waals surface area contributed by atoms with Crippen LogP contribution < -0.4 is 22.3 Å². The van der Waals surface area contributed by atoms with Gasteiger partial charge < -0.3 is 26.3 Å². The number of anilines is 2. The third kappa shape index (κ3) is 9.05. The number of aryl methyl sites for hydroxylation is 1. The minimum atomic E-state index is -0.945. The Labute approximate surface area is 210 Å². The molecule has 2 rings (SSSR count). The summed E-state index contributed by atoms with van der Waals surface area (Å²) in [5.41, 5.74) is 12.9. The molecule has 6 N–H and O–H groups in total. The van der Waals surface area contributed by atoms with Crippen molar-refractivity contribution < 1.29 is 23.9 Å². The second-order valence-electron chi connectivity index (χ2n) is 8.19. The highest BCUT2D eigenvalue weighted by Crippen LogP contribution is 2.13. The largest absolute Gasteiger partial charge is 0.466 e. The molecule has 0 saturated heterocycles. The molecular formula is C25H35N5O6. The number of ether oxygens (including phenoxy) is 2. The summed E-state index contributed by atoms with van der Waals surface area (Å²) in [5.74, 6) is -1.29. The summed E-state index contributed by atoms with van der Waals surface area (Å²) in [6.45, 7) is 3.78. The quantitative estimate of drug-likeness (QED) is 0.222. The number of nitrogen functional groups attached to an aromatic ring is 2. The number of esters is 2. The van der Waals surface area contributed by atoms with Crippen LogP contribution in [0.1, 0.15) is 67.4 Å². The van der Waals surface area contributed by atoms with Gasteiger partial charge in [-0.2, -0.15) is 4.98 Å². The van der Waals surface area contributed by atoms with Gasteiger partial charge >= 0.3 is 11.9 Å². The summed E-state index contributed by atoms with van der Waals surface area (Å²) in [6.07, 6.45) is 3.96. The predicted octanol–water partition coefficient (Wildman–Crippen LogP) is 1.89. The molecule has 0 radical (unpaired) electrons. The normalized spacial score (nSPS) is 11.5. The Hall–Kier alpha value is -3.89. The molecule has 2 aromatic rings. The lowest BCUT2D eigenvalue weighted by Crippen LogP contribution is -2.42. The summed E-state index contributed by atoms with van der Waals surface area (Å²) in [6, 6.07) is 6.16. The Morgan fingerprint density at radius 2 is 1.67 bits per heavy atom. The van der Waals surface area contributed by atoms with Crippen molar-refractivity contribution in [2.75, 3.05) is 24.7 Å². The van der Waals surface area contributed by atoms with Crippen molar-refractivity contribution in [3.63, 3.8) is 0 Å². The van der Waals surface area contributed by atoms with E-state index in [0.717, 1.165) is 31.2 Å². The number of benzene rings is 1. The molecule has 11 heteroatoms. The molecule has 0 bridgehead atoms. The van der Waals surface area contributed by atoms with Crippen molar-refractivity contribution in [2.45, 2.75) is 64.8 Å². The first-order valence-electron chi connectivity index (χ1n) is 12.1. The number of aromatic amines is 1. The van der Waals surface area contributed by atoms with Gasteiger partial charge in [-0.15, -0.1) is 0 Å². The van der Waals surface area contributed by atoms with Gasteiger partial charge in [0.15, 0.2) is 0 Å². The van der Waals surface area contributed by atoms with E-state index in [1.54, 1.807) is 26.0 Å². The summed E-state index contributed by atoms with van der Waals surface area (Å²) in [4.78, 5) is 54.8. The van der Waals surface area contributed by atoms with Crippen LogP contribution in [-0.4, -0.2) is 47.1 Å². The van der Waals surface area contributed by atoms with Gasteiger partial charge in [0.2, 0.25) is 5.95 Å². The lowest BCUT2D eigenvalue weighted by molar-refractivity contribution is -0.146. The van der Waals surface area contributed by atoms with E-state index in [2.05, 4.69) is 15.3 Å². The first-order valence-corrected chi connectivity index (χ1v) is 12.1. The highest BCUT2D eigenvalue weighted by Gasteiger charge is 2.24. The Morgan fingerprint density at radius 1 is 1.00 bits per heavy atom. The molecule has 1 amide bonds. The zero-order valence-electron chi connectivity index (χ0n) is 20.8. The zero-order chi connectivity index (χ0) is 26.5. The Kier molecular flexibility index (Phi) is 11.4. The fraction of sp³-hybridized carbons (Fsp3) is 0.480. The number of amides is 1. The Morgan fingerprint density at radius 3 is 2.31 bits per heavy atom. The van der Waals surface area contributed by atoms with E-state index in [4.69, 9.17) is 20.9 Å². The number of carbonyl (C=O) groups excluding carboxylic acids is 3. The van der Waals surface area contributed by atoms with Crippen LogP contribution in [0, 0.1) is 0 Å². The van der Waals surface area contributed by atoms with Gasteiger partial charge in [0.25, 0.3) is 11.5 Å². The lowest BCUT2D eigenvalue weighted by Gasteiger charge is -2.17. The molecule has 36 heavy (non-hydrogen) atoms. The van der Waals surface area contributed by atoms with Crippen LogP contribution >= 0.6 is 0 Å². The third-order valence-electron chi connectivity index (χ3n) is 5.49. The van der Waals surface area contributed by atoms with Gasteiger partial charge in [-0.25, -0.2) is 4.79 Å². The fourth-order valence-corrected chi connectivity index (χ4v) is 3.63. The molecular weight excluding hydrogens is 466 g/mol.